The number of rotatable bonds is 2. The van der Waals surface area contributed by atoms with Crippen molar-refractivity contribution in [3.63, 3.8) is 0 Å². The fourth-order valence-corrected chi connectivity index (χ4v) is 2.61. The summed E-state index contributed by atoms with van der Waals surface area (Å²) in [6.07, 6.45) is -0.0344. The molecule has 2 aliphatic heterocycles. The molecule has 9 heteroatoms. The summed E-state index contributed by atoms with van der Waals surface area (Å²) < 4.78 is 5.65. The van der Waals surface area contributed by atoms with Crippen molar-refractivity contribution in [1.82, 2.24) is 9.97 Å². The normalized spacial score (nSPS) is 27.4. The molecule has 3 atom stereocenters. The molecule has 1 aromatic rings. The summed E-state index contributed by atoms with van der Waals surface area (Å²) in [4.78, 5) is 11.6. The van der Waals surface area contributed by atoms with Gasteiger partial charge in [-0.05, 0) is 0 Å². The number of fused-ring (bicyclic) bond motifs is 1. The summed E-state index contributed by atoms with van der Waals surface area (Å²) in [6.45, 7) is 0.106. The molecule has 1 saturated heterocycles. The molecule has 0 unspecified atom stereocenters. The van der Waals surface area contributed by atoms with E-state index in [1.807, 2.05) is 4.90 Å². The Bertz CT molecular complexity index is 600. The lowest BCUT2D eigenvalue weighted by molar-refractivity contribution is -0.0220. The van der Waals surface area contributed by atoms with Crippen LogP contribution in [0, 0.1) is 12.1 Å². The fraction of sp³-hybridized carbons (Fsp3) is 0.500. The predicted octanol–water partition coefficient (Wildman–Crippen LogP) is -2.01. The second-order valence-corrected chi connectivity index (χ2v) is 4.84. The quantitative estimate of drug-likeness (QED) is 0.360. The van der Waals surface area contributed by atoms with E-state index in [-0.39, 0.29) is 6.61 Å². The first kappa shape index (κ1) is 13.7. The van der Waals surface area contributed by atoms with E-state index in [4.69, 9.17) is 16.2 Å². The van der Waals surface area contributed by atoms with Crippen LogP contribution in [0.3, 0.4) is 0 Å². The van der Waals surface area contributed by atoms with E-state index in [1.165, 1.54) is 6.33 Å². The van der Waals surface area contributed by atoms with Crippen LogP contribution in [0.5, 0.6) is 0 Å². The van der Waals surface area contributed by atoms with Crippen molar-refractivity contribution < 1.29 is 14.9 Å². The van der Waals surface area contributed by atoms with Crippen LogP contribution in [0.1, 0.15) is 6.42 Å². The maximum absolute atomic E-state index is 9.86. The Morgan fingerprint density at radius 3 is 2.95 bits per heavy atom. The number of nitrogens with two attached hydrogens (primary N) is 2. The predicted molar refractivity (Wildman–Crippen MR) is 74.6 cm³/mol. The zero-order valence-electron chi connectivity index (χ0n) is 11.2. The van der Waals surface area contributed by atoms with Gasteiger partial charge in [0.15, 0.2) is 11.6 Å². The second-order valence-electron chi connectivity index (χ2n) is 4.84. The number of hydrogen-bond acceptors (Lipinski definition) is 9. The molecule has 6 N–H and O–H groups in total. The average molecular weight is 292 g/mol. The van der Waals surface area contributed by atoms with Gasteiger partial charge in [-0.3, -0.25) is 4.90 Å². The Kier molecular flexibility index (Phi) is 3.42. The van der Waals surface area contributed by atoms with E-state index in [0.717, 1.165) is 0 Å². The van der Waals surface area contributed by atoms with Gasteiger partial charge in [0.1, 0.15) is 31.0 Å². The van der Waals surface area contributed by atoms with Crippen LogP contribution in [0.4, 0.5) is 17.3 Å². The summed E-state index contributed by atoms with van der Waals surface area (Å²) in [5, 5.41) is 19.0. The van der Waals surface area contributed by atoms with Crippen molar-refractivity contribution in [3.05, 3.63) is 6.33 Å². The molecule has 0 saturated carbocycles. The third kappa shape index (κ3) is 2.19. The maximum atomic E-state index is 9.86. The molecule has 3 rings (SSSR count). The minimum Gasteiger partial charge on any atom is -0.394 e. The van der Waals surface area contributed by atoms with Crippen LogP contribution in [0.2, 0.25) is 0 Å². The number of anilines is 3. The summed E-state index contributed by atoms with van der Waals surface area (Å²) in [5.41, 5.74) is 11.7. The summed E-state index contributed by atoms with van der Waals surface area (Å²) in [5.74, 6) is 0.864. The lowest BCUT2D eigenvalue weighted by Crippen LogP contribution is -2.38. The topological polar surface area (TPSA) is 134 Å². The molecule has 0 radical (unpaired) electrons. The van der Waals surface area contributed by atoms with Crippen LogP contribution in [0.25, 0.3) is 0 Å². The van der Waals surface area contributed by atoms with Crippen molar-refractivity contribution in [1.29, 1.82) is 0 Å². The zero-order chi connectivity index (χ0) is 15.0. The van der Waals surface area contributed by atoms with Gasteiger partial charge in [0.2, 0.25) is 0 Å². The van der Waals surface area contributed by atoms with Crippen molar-refractivity contribution >= 4 is 17.3 Å². The smallest absolute Gasteiger partial charge is 0.162 e. The second kappa shape index (κ2) is 5.25. The molecule has 0 amide bonds. The Labute approximate surface area is 121 Å². The number of aliphatic hydroxyl groups is 2. The summed E-state index contributed by atoms with van der Waals surface area (Å²) in [6, 6.07) is 5.05. The lowest BCUT2D eigenvalue weighted by Gasteiger charge is -2.24. The average Bonchev–Trinajstić information content (AvgIpc) is 3.01. The molecule has 0 aliphatic carbocycles. The lowest BCUT2D eigenvalue weighted by atomic mass is 10.2. The Morgan fingerprint density at radius 2 is 2.29 bits per heavy atom. The van der Waals surface area contributed by atoms with Gasteiger partial charge < -0.3 is 31.3 Å². The van der Waals surface area contributed by atoms with Crippen LogP contribution >= 0.6 is 0 Å². The molecule has 2 aliphatic rings. The first-order chi connectivity index (χ1) is 10.2. The Hall–Kier alpha value is -2.28. The first-order valence-corrected chi connectivity index (χ1v) is 6.46. The van der Waals surface area contributed by atoms with E-state index in [0.29, 0.717) is 30.4 Å². The van der Waals surface area contributed by atoms with Gasteiger partial charge in [0.05, 0.1) is 12.7 Å². The number of ether oxygens (including phenoxy) is 1. The van der Waals surface area contributed by atoms with E-state index in [1.54, 1.807) is 4.90 Å². The van der Waals surface area contributed by atoms with E-state index >= 15 is 0 Å². The molecule has 0 spiro atoms. The van der Waals surface area contributed by atoms with Gasteiger partial charge in [-0.2, -0.15) is 0 Å². The van der Waals surface area contributed by atoms with Crippen molar-refractivity contribution in [2.45, 2.75) is 24.9 Å². The minimum absolute atomic E-state index is 0.239. The van der Waals surface area contributed by atoms with Gasteiger partial charge in [0, 0.05) is 18.5 Å². The SMILES string of the molecule is NC#CN1CN([C@H]2C[C@H](O)[C@@H](CO)O2)c2ncnc(N)c21. The van der Waals surface area contributed by atoms with Crippen LogP contribution in [-0.2, 0) is 4.74 Å². The number of nitrogens with zero attached hydrogens (tertiary/aromatic N) is 4. The molecular formula is C12H16N6O3. The number of hydrogen-bond donors (Lipinski definition) is 4. The molecule has 1 fully saturated rings. The van der Waals surface area contributed by atoms with Gasteiger partial charge in [-0.15, -0.1) is 0 Å². The largest absolute Gasteiger partial charge is 0.394 e. The van der Waals surface area contributed by atoms with Crippen molar-refractivity contribution in [2.75, 3.05) is 28.8 Å². The molecule has 3 heterocycles. The minimum atomic E-state index is -0.725. The monoisotopic (exact) mass is 292 g/mol. The van der Waals surface area contributed by atoms with Gasteiger partial charge in [0.25, 0.3) is 0 Å². The third-order valence-corrected chi connectivity index (χ3v) is 3.60. The fourth-order valence-electron chi connectivity index (χ4n) is 2.61. The Balaban J connectivity index is 1.92. The van der Waals surface area contributed by atoms with Gasteiger partial charge in [-0.1, -0.05) is 0 Å². The van der Waals surface area contributed by atoms with E-state index in [2.05, 4.69) is 22.1 Å². The summed E-state index contributed by atoms with van der Waals surface area (Å²) >= 11 is 0. The number of nitrogen functional groups attached to an aromatic ring is 1. The highest BCUT2D eigenvalue weighted by Crippen LogP contribution is 2.40. The van der Waals surface area contributed by atoms with E-state index < -0.39 is 18.4 Å². The van der Waals surface area contributed by atoms with Gasteiger partial charge >= 0.3 is 0 Å². The van der Waals surface area contributed by atoms with Crippen LogP contribution in [-0.4, -0.2) is 51.9 Å². The van der Waals surface area contributed by atoms with Crippen molar-refractivity contribution in [2.24, 2.45) is 5.73 Å². The maximum Gasteiger partial charge on any atom is 0.162 e. The van der Waals surface area contributed by atoms with E-state index in [9.17, 15) is 10.2 Å². The first-order valence-electron chi connectivity index (χ1n) is 6.46. The standard InChI is InChI=1S/C12H16N6O3/c13-1-2-17-6-18(9-3-7(20)8(4-19)21-9)12-10(17)11(14)15-5-16-12/h5,7-9,19-20H,3-4,6,13H2,(H2,14,15,16)/t7-,8+,9+/m0/s1. The molecule has 9 nitrogen and oxygen atoms in total. The molecule has 0 bridgehead atoms. The zero-order valence-corrected chi connectivity index (χ0v) is 11.2. The molecule has 21 heavy (non-hydrogen) atoms. The van der Waals surface area contributed by atoms with Gasteiger partial charge in [-0.25, -0.2) is 9.97 Å². The summed E-state index contributed by atoms with van der Waals surface area (Å²) in [7, 11) is 0. The highest BCUT2D eigenvalue weighted by Gasteiger charge is 2.42. The molecule has 1 aromatic heterocycles. The molecule has 0 aromatic carbocycles. The molecule has 112 valence electrons. The van der Waals surface area contributed by atoms with Crippen LogP contribution < -0.4 is 21.3 Å². The highest BCUT2D eigenvalue weighted by atomic mass is 16.5. The third-order valence-electron chi connectivity index (χ3n) is 3.60. The number of aliphatic hydroxyl groups excluding tert-OH is 2. The highest BCUT2D eigenvalue weighted by molar-refractivity contribution is 5.83. The van der Waals surface area contributed by atoms with Crippen LogP contribution in [0.15, 0.2) is 6.33 Å². The molecular weight excluding hydrogens is 276 g/mol. The Morgan fingerprint density at radius 1 is 1.48 bits per heavy atom. The van der Waals surface area contributed by atoms with Crippen molar-refractivity contribution in [3.8, 4) is 12.1 Å². The number of aromatic nitrogens is 2.